The third-order valence-corrected chi connectivity index (χ3v) is 4.60. The summed E-state index contributed by atoms with van der Waals surface area (Å²) in [5.41, 5.74) is 17.7. The molecule has 0 aromatic heterocycles. The first kappa shape index (κ1) is 23.6. The molecule has 0 aliphatic heterocycles. The average molecular weight is 410 g/mol. The fraction of sp³-hybridized carbons (Fsp3) is 0.107. The highest BCUT2D eigenvalue weighted by molar-refractivity contribution is 5.94. The van der Waals surface area contributed by atoms with Crippen LogP contribution >= 0.6 is 0 Å². The van der Waals surface area contributed by atoms with Crippen molar-refractivity contribution >= 4 is 5.84 Å². The molecule has 0 amide bonds. The monoisotopic (exact) mass is 409 g/mol. The van der Waals surface area contributed by atoms with Gasteiger partial charge >= 0.3 is 0 Å². The zero-order valence-corrected chi connectivity index (χ0v) is 18.3. The van der Waals surface area contributed by atoms with Gasteiger partial charge in [-0.05, 0) is 30.5 Å². The Labute approximate surface area is 185 Å². The number of benzene rings is 4. The summed E-state index contributed by atoms with van der Waals surface area (Å²) in [5.74, 6) is 0.125. The molecular formula is C28H31N3. The SMILES string of the molecule is Cc1ccc(C(=N)N)cc1.Cc1ccccc1.NCc1ccc(-c2ccccc2)cc1. The van der Waals surface area contributed by atoms with E-state index in [4.69, 9.17) is 16.9 Å². The van der Waals surface area contributed by atoms with Gasteiger partial charge in [-0.25, -0.2) is 0 Å². The van der Waals surface area contributed by atoms with Crippen molar-refractivity contribution in [3.8, 4) is 11.1 Å². The van der Waals surface area contributed by atoms with Crippen molar-refractivity contribution < 1.29 is 0 Å². The number of hydrogen-bond acceptors (Lipinski definition) is 2. The molecule has 4 aromatic rings. The van der Waals surface area contributed by atoms with Gasteiger partial charge in [-0.1, -0.05) is 120 Å². The van der Waals surface area contributed by atoms with Crippen molar-refractivity contribution in [3.05, 3.63) is 131 Å². The Hall–Kier alpha value is -3.69. The number of hydrogen-bond donors (Lipinski definition) is 3. The molecule has 4 rings (SSSR count). The standard InChI is InChI=1S/C13H13N.C8H10N2.C7H8/c14-10-11-6-8-13(9-7-11)12-4-2-1-3-5-12;1-6-2-4-7(5-3-6)8(9)10;1-7-5-3-2-4-6-7/h1-9H,10,14H2;2-5H,1H3,(H3,9,10);2-6H,1H3. The Bertz CT molecular complexity index is 1020. The second-order valence-corrected chi connectivity index (χ2v) is 7.20. The van der Waals surface area contributed by atoms with Gasteiger partial charge in [-0.15, -0.1) is 0 Å². The molecule has 158 valence electrons. The molecule has 0 spiro atoms. The van der Waals surface area contributed by atoms with Crippen molar-refractivity contribution in [2.75, 3.05) is 0 Å². The number of amidine groups is 1. The van der Waals surface area contributed by atoms with Crippen LogP contribution in [0, 0.1) is 19.3 Å². The van der Waals surface area contributed by atoms with E-state index in [9.17, 15) is 0 Å². The highest BCUT2D eigenvalue weighted by Crippen LogP contribution is 2.18. The molecule has 0 bridgehead atoms. The van der Waals surface area contributed by atoms with Crippen LogP contribution in [0.15, 0.2) is 109 Å². The van der Waals surface area contributed by atoms with E-state index in [1.165, 1.54) is 27.8 Å². The van der Waals surface area contributed by atoms with Crippen LogP contribution < -0.4 is 11.5 Å². The Morgan fingerprint density at radius 1 is 0.613 bits per heavy atom. The maximum Gasteiger partial charge on any atom is 0.122 e. The zero-order chi connectivity index (χ0) is 22.5. The molecule has 0 saturated carbocycles. The van der Waals surface area contributed by atoms with Crippen LogP contribution in [0.4, 0.5) is 0 Å². The van der Waals surface area contributed by atoms with Crippen molar-refractivity contribution in [2.45, 2.75) is 20.4 Å². The van der Waals surface area contributed by atoms with Crippen LogP contribution in [0.25, 0.3) is 11.1 Å². The van der Waals surface area contributed by atoms with Crippen molar-refractivity contribution in [1.29, 1.82) is 5.41 Å². The van der Waals surface area contributed by atoms with Gasteiger partial charge in [0.25, 0.3) is 0 Å². The van der Waals surface area contributed by atoms with Gasteiger partial charge < -0.3 is 11.5 Å². The van der Waals surface area contributed by atoms with Crippen LogP contribution in [-0.2, 0) is 6.54 Å². The first-order valence-electron chi connectivity index (χ1n) is 10.3. The maximum atomic E-state index is 7.08. The zero-order valence-electron chi connectivity index (χ0n) is 18.3. The molecule has 4 aromatic carbocycles. The minimum Gasteiger partial charge on any atom is -0.384 e. The highest BCUT2D eigenvalue weighted by Gasteiger charge is 1.95. The van der Waals surface area contributed by atoms with Crippen molar-refractivity contribution in [2.24, 2.45) is 11.5 Å². The minimum absolute atomic E-state index is 0.125. The number of nitrogen functional groups attached to an aromatic ring is 1. The van der Waals surface area contributed by atoms with Gasteiger partial charge in [0.2, 0.25) is 0 Å². The van der Waals surface area contributed by atoms with E-state index in [0.717, 1.165) is 5.56 Å². The fourth-order valence-electron chi connectivity index (χ4n) is 2.73. The van der Waals surface area contributed by atoms with Gasteiger partial charge in [0, 0.05) is 12.1 Å². The van der Waals surface area contributed by atoms with E-state index in [1.54, 1.807) is 0 Å². The predicted molar refractivity (Wildman–Crippen MR) is 133 cm³/mol. The smallest absolute Gasteiger partial charge is 0.122 e. The normalized spacial score (nSPS) is 9.52. The minimum atomic E-state index is 0.125. The second-order valence-electron chi connectivity index (χ2n) is 7.20. The molecule has 3 nitrogen and oxygen atoms in total. The average Bonchev–Trinajstić information content (AvgIpc) is 2.81. The Morgan fingerprint density at radius 3 is 1.48 bits per heavy atom. The maximum absolute atomic E-state index is 7.08. The summed E-state index contributed by atoms with van der Waals surface area (Å²) in [6.45, 7) is 4.69. The lowest BCUT2D eigenvalue weighted by Gasteiger charge is -2.02. The number of aryl methyl sites for hydroxylation is 2. The first-order valence-corrected chi connectivity index (χ1v) is 10.3. The molecule has 0 saturated heterocycles. The predicted octanol–water partition coefficient (Wildman–Crippen LogP) is 6.09. The lowest BCUT2D eigenvalue weighted by molar-refractivity contribution is 1.07. The summed E-state index contributed by atoms with van der Waals surface area (Å²) in [6, 6.07) is 36.5. The third-order valence-electron chi connectivity index (χ3n) is 4.60. The molecule has 31 heavy (non-hydrogen) atoms. The molecule has 0 heterocycles. The third kappa shape index (κ3) is 8.69. The quantitative estimate of drug-likeness (QED) is 0.283. The van der Waals surface area contributed by atoms with Crippen LogP contribution in [0.1, 0.15) is 22.3 Å². The van der Waals surface area contributed by atoms with E-state index < -0.39 is 0 Å². The van der Waals surface area contributed by atoms with Crippen molar-refractivity contribution in [3.63, 3.8) is 0 Å². The van der Waals surface area contributed by atoms with E-state index in [0.29, 0.717) is 6.54 Å². The van der Waals surface area contributed by atoms with Gasteiger partial charge in [0.05, 0.1) is 0 Å². The molecule has 5 N–H and O–H groups in total. The highest BCUT2D eigenvalue weighted by atomic mass is 14.7. The summed E-state index contributed by atoms with van der Waals surface area (Å²) in [6.07, 6.45) is 0. The summed E-state index contributed by atoms with van der Waals surface area (Å²) < 4.78 is 0. The van der Waals surface area contributed by atoms with E-state index in [1.807, 2.05) is 67.6 Å². The van der Waals surface area contributed by atoms with Gasteiger partial charge in [-0.2, -0.15) is 0 Å². The first-order chi connectivity index (χ1) is 15.0. The summed E-state index contributed by atoms with van der Waals surface area (Å²) in [7, 11) is 0. The topological polar surface area (TPSA) is 75.9 Å². The van der Waals surface area contributed by atoms with Crippen LogP contribution in [-0.4, -0.2) is 5.84 Å². The van der Waals surface area contributed by atoms with E-state index in [-0.39, 0.29) is 5.84 Å². The van der Waals surface area contributed by atoms with E-state index >= 15 is 0 Å². The lowest BCUT2D eigenvalue weighted by atomic mass is 10.0. The number of nitrogens with two attached hydrogens (primary N) is 2. The van der Waals surface area contributed by atoms with Crippen LogP contribution in [0.3, 0.4) is 0 Å². The summed E-state index contributed by atoms with van der Waals surface area (Å²) in [4.78, 5) is 0. The van der Waals surface area contributed by atoms with Gasteiger partial charge in [0.1, 0.15) is 5.84 Å². The van der Waals surface area contributed by atoms with Crippen LogP contribution in [0.5, 0.6) is 0 Å². The molecule has 0 fully saturated rings. The molecule has 0 radical (unpaired) electrons. The van der Waals surface area contributed by atoms with Gasteiger partial charge in [-0.3, -0.25) is 5.41 Å². The number of nitrogens with one attached hydrogen (secondary N) is 1. The number of rotatable bonds is 3. The largest absolute Gasteiger partial charge is 0.384 e. The second kappa shape index (κ2) is 12.8. The van der Waals surface area contributed by atoms with Crippen LogP contribution in [0.2, 0.25) is 0 Å². The summed E-state index contributed by atoms with van der Waals surface area (Å²) >= 11 is 0. The molecule has 0 aliphatic rings. The summed E-state index contributed by atoms with van der Waals surface area (Å²) in [5, 5.41) is 7.08. The van der Waals surface area contributed by atoms with E-state index in [2.05, 4.69) is 55.5 Å². The van der Waals surface area contributed by atoms with Crippen molar-refractivity contribution in [1.82, 2.24) is 0 Å². The fourth-order valence-corrected chi connectivity index (χ4v) is 2.73. The Balaban J connectivity index is 0.000000176. The molecule has 3 heteroatoms. The van der Waals surface area contributed by atoms with Gasteiger partial charge in [0.15, 0.2) is 0 Å². The molecular weight excluding hydrogens is 378 g/mol. The Kier molecular flexibility index (Phi) is 9.73. The Morgan fingerprint density at radius 2 is 1.06 bits per heavy atom. The molecule has 0 atom stereocenters. The lowest BCUT2D eigenvalue weighted by Crippen LogP contribution is -2.10. The molecule has 0 unspecified atom stereocenters. The molecule has 0 aliphatic carbocycles.